The number of nitrogens with one attached hydrogen (secondary N) is 1. The normalized spacial score (nSPS) is 14.1. The van der Waals surface area contributed by atoms with E-state index in [0.717, 1.165) is 29.2 Å². The maximum absolute atomic E-state index is 13.0. The highest BCUT2D eigenvalue weighted by atomic mass is 79.9. The lowest BCUT2D eigenvalue weighted by Gasteiger charge is -2.07. The average molecular weight is 537 g/mol. The molecule has 1 saturated carbocycles. The maximum Gasteiger partial charge on any atom is 0.435 e. The van der Waals surface area contributed by atoms with Crippen molar-refractivity contribution in [2.75, 3.05) is 5.32 Å². The monoisotopic (exact) mass is 535 g/mol. The molecule has 1 N–H and O–H groups in total. The minimum absolute atomic E-state index is 0.00791. The molecule has 0 atom stereocenters. The summed E-state index contributed by atoms with van der Waals surface area (Å²) in [5.74, 6) is -0.269. The van der Waals surface area contributed by atoms with E-state index in [1.165, 1.54) is 0 Å². The molecule has 0 radical (unpaired) electrons. The van der Waals surface area contributed by atoms with E-state index in [4.69, 9.17) is 23.2 Å². The molecule has 1 fully saturated rings. The molecule has 164 valence electrons. The fourth-order valence-corrected chi connectivity index (χ4v) is 3.83. The number of nitrogens with zero attached hydrogens (tertiary/aromatic N) is 4. The third-order valence-electron chi connectivity index (χ3n) is 4.69. The second kappa shape index (κ2) is 8.48. The van der Waals surface area contributed by atoms with Gasteiger partial charge >= 0.3 is 6.18 Å². The van der Waals surface area contributed by atoms with Crippen LogP contribution in [0.1, 0.15) is 35.7 Å². The van der Waals surface area contributed by atoms with Gasteiger partial charge in [-0.2, -0.15) is 23.4 Å². The summed E-state index contributed by atoms with van der Waals surface area (Å²) in [5.41, 5.74) is 0.286. The zero-order chi connectivity index (χ0) is 22.3. The highest BCUT2D eigenvalue weighted by molar-refractivity contribution is 9.10. The Kier molecular flexibility index (Phi) is 6.06. The molecule has 3 aromatic rings. The van der Waals surface area contributed by atoms with E-state index in [1.807, 2.05) is 0 Å². The Morgan fingerprint density at radius 1 is 1.19 bits per heavy atom. The Balaban J connectivity index is 1.46. The van der Waals surface area contributed by atoms with E-state index in [-0.39, 0.29) is 18.3 Å². The number of rotatable bonds is 6. The van der Waals surface area contributed by atoms with Gasteiger partial charge in [-0.1, -0.05) is 29.3 Å². The quantitative estimate of drug-likeness (QED) is 0.437. The van der Waals surface area contributed by atoms with Crippen molar-refractivity contribution in [1.29, 1.82) is 0 Å². The second-order valence-corrected chi connectivity index (χ2v) is 8.87. The topological polar surface area (TPSA) is 64.7 Å². The first-order valence-corrected chi connectivity index (χ1v) is 10.8. The smallest absolute Gasteiger partial charge is 0.307 e. The predicted molar refractivity (Wildman–Crippen MR) is 113 cm³/mol. The van der Waals surface area contributed by atoms with Crippen molar-refractivity contribution in [2.45, 2.75) is 38.0 Å². The average Bonchev–Trinajstić information content (AvgIpc) is 3.34. The highest BCUT2D eigenvalue weighted by Crippen LogP contribution is 2.42. The molecule has 2 aromatic heterocycles. The number of hydrogen-bond acceptors (Lipinski definition) is 3. The number of carbonyl (C=O) groups excluding carboxylic acids is 1. The summed E-state index contributed by atoms with van der Waals surface area (Å²) in [6.45, 7) is 0.0410. The van der Waals surface area contributed by atoms with Crippen LogP contribution in [0.2, 0.25) is 10.0 Å². The molecule has 1 aliphatic carbocycles. The van der Waals surface area contributed by atoms with Crippen LogP contribution >= 0.6 is 39.1 Å². The molecule has 31 heavy (non-hydrogen) atoms. The maximum atomic E-state index is 13.0. The van der Waals surface area contributed by atoms with Gasteiger partial charge in [0, 0.05) is 17.8 Å². The molecule has 6 nitrogen and oxygen atoms in total. The number of aromatic nitrogens is 4. The Morgan fingerprint density at radius 3 is 2.58 bits per heavy atom. The second-order valence-electron chi connectivity index (χ2n) is 7.20. The predicted octanol–water partition coefficient (Wildman–Crippen LogP) is 5.73. The fourth-order valence-electron chi connectivity index (χ4n) is 3.10. The van der Waals surface area contributed by atoms with E-state index < -0.39 is 17.8 Å². The van der Waals surface area contributed by atoms with Gasteiger partial charge in [-0.15, -0.1) is 0 Å². The molecule has 1 amide bonds. The molecular weight excluding hydrogens is 522 g/mol. The number of benzene rings is 1. The van der Waals surface area contributed by atoms with Gasteiger partial charge in [0.1, 0.15) is 6.54 Å². The van der Waals surface area contributed by atoms with Gasteiger partial charge in [-0.05, 0) is 52.5 Å². The number of alkyl halides is 3. The Morgan fingerprint density at radius 2 is 1.94 bits per heavy atom. The molecule has 2 heterocycles. The summed E-state index contributed by atoms with van der Waals surface area (Å²) in [5, 5.41) is 11.4. The summed E-state index contributed by atoms with van der Waals surface area (Å²) in [6.07, 6.45) is -1.31. The first-order chi connectivity index (χ1) is 14.6. The fraction of sp³-hybridized carbons (Fsp3) is 0.316. The summed E-state index contributed by atoms with van der Waals surface area (Å²) < 4.78 is 42.3. The molecule has 0 bridgehead atoms. The lowest BCUT2D eigenvalue weighted by Crippen LogP contribution is -2.22. The molecule has 1 aromatic carbocycles. The number of carbonyl (C=O) groups is 1. The molecule has 0 unspecified atom stereocenters. The largest absolute Gasteiger partial charge is 0.435 e. The van der Waals surface area contributed by atoms with Crippen molar-refractivity contribution in [2.24, 2.45) is 0 Å². The third-order valence-corrected chi connectivity index (χ3v) is 6.01. The van der Waals surface area contributed by atoms with Crippen molar-refractivity contribution >= 4 is 50.9 Å². The highest BCUT2D eigenvalue weighted by Gasteiger charge is 2.38. The minimum atomic E-state index is -4.56. The van der Waals surface area contributed by atoms with Gasteiger partial charge in [0.2, 0.25) is 5.91 Å². The SMILES string of the molecule is O=C(Cn1nc(C(F)(F)F)cc1C1CC1)Nc1nn(Cc2ccc(Cl)c(Cl)c2)cc1Br. The van der Waals surface area contributed by atoms with Gasteiger partial charge in [0.25, 0.3) is 0 Å². The Hall–Kier alpha value is -2.04. The number of halogens is 6. The van der Waals surface area contributed by atoms with E-state index in [9.17, 15) is 18.0 Å². The van der Waals surface area contributed by atoms with Crippen LogP contribution in [0.4, 0.5) is 19.0 Å². The standard InChI is InChI=1S/C19H15BrCl2F3N5O/c20-12-8-29(7-10-1-4-13(21)14(22)5-10)28-18(12)26-17(31)9-30-15(11-2-3-11)6-16(27-30)19(23,24)25/h1,4-6,8,11H,2-3,7,9H2,(H,26,28,31). The lowest BCUT2D eigenvalue weighted by molar-refractivity contribution is -0.141. The number of hydrogen-bond donors (Lipinski definition) is 1. The molecule has 0 aliphatic heterocycles. The van der Waals surface area contributed by atoms with Crippen LogP contribution in [0.5, 0.6) is 0 Å². The van der Waals surface area contributed by atoms with Gasteiger partial charge < -0.3 is 5.32 Å². The molecule has 12 heteroatoms. The zero-order valence-electron chi connectivity index (χ0n) is 15.8. The summed E-state index contributed by atoms with van der Waals surface area (Å²) in [7, 11) is 0. The van der Waals surface area contributed by atoms with Crippen molar-refractivity contribution in [1.82, 2.24) is 19.6 Å². The van der Waals surface area contributed by atoms with Crippen LogP contribution in [-0.4, -0.2) is 25.5 Å². The van der Waals surface area contributed by atoms with Crippen LogP contribution in [0.3, 0.4) is 0 Å². The molecule has 4 rings (SSSR count). The molecule has 0 spiro atoms. The van der Waals surface area contributed by atoms with Gasteiger partial charge in [0.05, 0.1) is 21.1 Å². The van der Waals surface area contributed by atoms with Crippen LogP contribution < -0.4 is 5.32 Å². The summed E-state index contributed by atoms with van der Waals surface area (Å²) in [4.78, 5) is 12.5. The van der Waals surface area contributed by atoms with Crippen LogP contribution in [0.25, 0.3) is 0 Å². The molecule has 0 saturated heterocycles. The first-order valence-electron chi connectivity index (χ1n) is 9.22. The van der Waals surface area contributed by atoms with Crippen LogP contribution in [0, 0.1) is 0 Å². The van der Waals surface area contributed by atoms with Crippen molar-refractivity contribution in [3.05, 3.63) is 61.9 Å². The molecular formula is C19H15BrCl2F3N5O. The van der Waals surface area contributed by atoms with E-state index in [1.54, 1.807) is 29.1 Å². The Bertz CT molecular complexity index is 1140. The summed E-state index contributed by atoms with van der Waals surface area (Å²) in [6, 6.07) is 6.22. The number of amides is 1. The Labute approximate surface area is 193 Å². The third kappa shape index (κ3) is 5.24. The van der Waals surface area contributed by atoms with Gasteiger partial charge in [-0.25, -0.2) is 0 Å². The van der Waals surface area contributed by atoms with Gasteiger partial charge in [-0.3, -0.25) is 14.2 Å². The van der Waals surface area contributed by atoms with E-state index in [2.05, 4.69) is 31.4 Å². The summed E-state index contributed by atoms with van der Waals surface area (Å²) >= 11 is 15.3. The van der Waals surface area contributed by atoms with Crippen molar-refractivity contribution < 1.29 is 18.0 Å². The first kappa shape index (κ1) is 22.2. The van der Waals surface area contributed by atoms with Crippen molar-refractivity contribution in [3.8, 4) is 0 Å². The van der Waals surface area contributed by atoms with Crippen LogP contribution in [-0.2, 0) is 24.1 Å². The van der Waals surface area contributed by atoms with Gasteiger partial charge in [0.15, 0.2) is 11.5 Å². The zero-order valence-corrected chi connectivity index (χ0v) is 18.9. The van der Waals surface area contributed by atoms with E-state index >= 15 is 0 Å². The minimum Gasteiger partial charge on any atom is -0.307 e. The van der Waals surface area contributed by atoms with E-state index in [0.29, 0.717) is 26.8 Å². The van der Waals surface area contributed by atoms with Crippen LogP contribution in [0.15, 0.2) is 34.9 Å². The lowest BCUT2D eigenvalue weighted by atomic mass is 10.2. The van der Waals surface area contributed by atoms with Crippen molar-refractivity contribution in [3.63, 3.8) is 0 Å². The number of anilines is 1. The molecule has 1 aliphatic rings.